The second kappa shape index (κ2) is 5.74. The van der Waals surface area contributed by atoms with Gasteiger partial charge < -0.3 is 10.2 Å². The van der Waals surface area contributed by atoms with Gasteiger partial charge in [0.25, 0.3) is 11.8 Å². The number of benzene rings is 1. The third kappa shape index (κ3) is 2.76. The average molecular weight is 291 g/mol. The van der Waals surface area contributed by atoms with Crippen molar-refractivity contribution >= 4 is 23.8 Å². The van der Waals surface area contributed by atoms with Crippen LogP contribution in [0.1, 0.15) is 33.6 Å². The molecule has 0 saturated carbocycles. The van der Waals surface area contributed by atoms with Crippen LogP contribution in [0.15, 0.2) is 24.3 Å². The number of carboxylic acids is 2. The molecule has 7 heteroatoms. The number of imide groups is 1. The smallest absolute Gasteiger partial charge is 0.317 e. The number of hydrogen-bond acceptors (Lipinski definition) is 4. The first-order valence-electron chi connectivity index (χ1n) is 6.34. The van der Waals surface area contributed by atoms with Crippen LogP contribution >= 0.6 is 0 Å². The molecule has 0 aromatic heterocycles. The van der Waals surface area contributed by atoms with E-state index in [2.05, 4.69) is 0 Å². The monoisotopic (exact) mass is 291 g/mol. The Balaban J connectivity index is 2.00. The lowest BCUT2D eigenvalue weighted by Gasteiger charge is -2.14. The van der Waals surface area contributed by atoms with Crippen molar-refractivity contribution in [3.8, 4) is 0 Å². The van der Waals surface area contributed by atoms with E-state index in [1.165, 1.54) is 0 Å². The fraction of sp³-hybridized carbons (Fsp3) is 0.286. The van der Waals surface area contributed by atoms with Crippen molar-refractivity contribution in [3.63, 3.8) is 0 Å². The summed E-state index contributed by atoms with van der Waals surface area (Å²) in [6.45, 7) is 0.00338. The number of nitrogens with zero attached hydrogens (tertiary/aromatic N) is 1. The van der Waals surface area contributed by atoms with E-state index in [1.54, 1.807) is 24.3 Å². The van der Waals surface area contributed by atoms with E-state index in [-0.39, 0.29) is 19.4 Å². The fourth-order valence-electron chi connectivity index (χ4n) is 2.25. The summed E-state index contributed by atoms with van der Waals surface area (Å²) in [7, 11) is 0. The molecule has 0 fully saturated rings. The Morgan fingerprint density at radius 1 is 1.00 bits per heavy atom. The summed E-state index contributed by atoms with van der Waals surface area (Å²) in [6, 6.07) is 6.40. The first-order valence-corrected chi connectivity index (χ1v) is 6.34. The molecule has 0 saturated heterocycles. The van der Waals surface area contributed by atoms with E-state index in [4.69, 9.17) is 10.2 Å². The first-order chi connectivity index (χ1) is 9.93. The maximum Gasteiger partial charge on any atom is 0.317 e. The van der Waals surface area contributed by atoms with Crippen LogP contribution in [0.5, 0.6) is 0 Å². The lowest BCUT2D eigenvalue weighted by molar-refractivity contribution is -0.154. The molecule has 1 aromatic carbocycles. The van der Waals surface area contributed by atoms with Crippen LogP contribution in [-0.2, 0) is 9.59 Å². The van der Waals surface area contributed by atoms with Crippen molar-refractivity contribution in [1.82, 2.24) is 4.90 Å². The van der Waals surface area contributed by atoms with Crippen LogP contribution in [0.25, 0.3) is 0 Å². The van der Waals surface area contributed by atoms with E-state index in [0.717, 1.165) is 4.90 Å². The number of carboxylic acid groups (broad SMARTS) is 2. The van der Waals surface area contributed by atoms with Gasteiger partial charge in [-0.1, -0.05) is 12.1 Å². The number of hydrogen-bond donors (Lipinski definition) is 2. The molecule has 0 spiro atoms. The van der Waals surface area contributed by atoms with Gasteiger partial charge in [-0.3, -0.25) is 24.1 Å². The lowest BCUT2D eigenvalue weighted by atomic mass is 10.0. The average Bonchev–Trinajstić information content (AvgIpc) is 2.67. The third-order valence-electron chi connectivity index (χ3n) is 3.35. The summed E-state index contributed by atoms with van der Waals surface area (Å²) in [6.07, 6.45) is -0.0210. The molecule has 0 aliphatic carbocycles. The molecule has 0 radical (unpaired) electrons. The highest BCUT2D eigenvalue weighted by molar-refractivity contribution is 6.21. The van der Waals surface area contributed by atoms with Gasteiger partial charge in [-0.25, -0.2) is 0 Å². The molecule has 2 amide bonds. The quantitative estimate of drug-likeness (QED) is 0.593. The molecular weight excluding hydrogens is 278 g/mol. The van der Waals surface area contributed by atoms with Crippen molar-refractivity contribution in [2.75, 3.05) is 6.54 Å². The highest BCUT2D eigenvalue weighted by Crippen LogP contribution is 2.23. The van der Waals surface area contributed by atoms with Crippen molar-refractivity contribution < 1.29 is 29.4 Å². The van der Waals surface area contributed by atoms with Crippen LogP contribution in [0.3, 0.4) is 0 Å². The van der Waals surface area contributed by atoms with E-state index in [1.807, 2.05) is 0 Å². The van der Waals surface area contributed by atoms with Crippen LogP contribution in [0.4, 0.5) is 0 Å². The minimum Gasteiger partial charge on any atom is -0.481 e. The van der Waals surface area contributed by atoms with Gasteiger partial charge in [0.05, 0.1) is 11.1 Å². The zero-order chi connectivity index (χ0) is 15.6. The second-order valence-electron chi connectivity index (χ2n) is 4.68. The predicted molar refractivity (Wildman–Crippen MR) is 69.8 cm³/mol. The molecule has 2 N–H and O–H groups in total. The Kier molecular flexibility index (Phi) is 4.02. The van der Waals surface area contributed by atoms with Crippen molar-refractivity contribution in [2.45, 2.75) is 12.8 Å². The highest BCUT2D eigenvalue weighted by Gasteiger charge is 2.35. The Morgan fingerprint density at radius 3 is 1.90 bits per heavy atom. The maximum atomic E-state index is 12.0. The molecule has 1 aliphatic rings. The van der Waals surface area contributed by atoms with E-state index >= 15 is 0 Å². The maximum absolute atomic E-state index is 12.0. The second-order valence-corrected chi connectivity index (χ2v) is 4.68. The molecule has 2 rings (SSSR count). The zero-order valence-corrected chi connectivity index (χ0v) is 11.0. The summed E-state index contributed by atoms with van der Waals surface area (Å²) >= 11 is 0. The van der Waals surface area contributed by atoms with Crippen molar-refractivity contribution in [3.05, 3.63) is 35.4 Å². The van der Waals surface area contributed by atoms with E-state index in [0.29, 0.717) is 11.1 Å². The molecule has 1 heterocycles. The van der Waals surface area contributed by atoms with Gasteiger partial charge >= 0.3 is 11.9 Å². The number of carbonyl (C=O) groups excluding carboxylic acids is 2. The third-order valence-corrected chi connectivity index (χ3v) is 3.35. The van der Waals surface area contributed by atoms with Gasteiger partial charge in [0.1, 0.15) is 0 Å². The van der Waals surface area contributed by atoms with Crippen molar-refractivity contribution in [1.29, 1.82) is 0 Å². The zero-order valence-electron chi connectivity index (χ0n) is 11.0. The van der Waals surface area contributed by atoms with Crippen LogP contribution in [0, 0.1) is 5.92 Å². The summed E-state index contributed by atoms with van der Waals surface area (Å²) in [5.74, 6) is -5.24. The SMILES string of the molecule is O=C(O)C(CCCN1C(=O)c2ccccc2C1=O)C(=O)O. The normalized spacial score (nSPS) is 13.7. The lowest BCUT2D eigenvalue weighted by Crippen LogP contribution is -2.32. The molecule has 1 aromatic rings. The molecule has 1 aliphatic heterocycles. The van der Waals surface area contributed by atoms with E-state index < -0.39 is 29.7 Å². The largest absolute Gasteiger partial charge is 0.481 e. The van der Waals surface area contributed by atoms with Gasteiger partial charge in [-0.05, 0) is 25.0 Å². The number of carbonyl (C=O) groups is 4. The number of amides is 2. The Bertz CT molecular complexity index is 575. The summed E-state index contributed by atoms with van der Waals surface area (Å²) in [4.78, 5) is 46.6. The Hall–Kier alpha value is -2.70. The molecule has 110 valence electrons. The molecular formula is C14H13NO6. The standard InChI is InChI=1S/C14H13NO6/c16-11-8-4-1-2-5-9(8)12(17)15(11)7-3-6-10(13(18)19)14(20)21/h1-2,4-5,10H,3,6-7H2,(H,18,19)(H,20,21). The van der Waals surface area contributed by atoms with Crippen LogP contribution < -0.4 is 0 Å². The van der Waals surface area contributed by atoms with Crippen LogP contribution in [-0.4, -0.2) is 45.4 Å². The Morgan fingerprint density at radius 2 is 1.48 bits per heavy atom. The van der Waals surface area contributed by atoms with E-state index in [9.17, 15) is 19.2 Å². The highest BCUT2D eigenvalue weighted by atomic mass is 16.4. The van der Waals surface area contributed by atoms with Gasteiger partial charge in [-0.2, -0.15) is 0 Å². The number of aliphatic carboxylic acids is 2. The summed E-state index contributed by atoms with van der Waals surface area (Å²) in [5.41, 5.74) is 0.631. The molecule has 21 heavy (non-hydrogen) atoms. The minimum absolute atomic E-state index is 0.00338. The van der Waals surface area contributed by atoms with Crippen molar-refractivity contribution in [2.24, 2.45) is 5.92 Å². The molecule has 0 unspecified atom stereocenters. The Labute approximate surface area is 119 Å². The molecule has 7 nitrogen and oxygen atoms in total. The summed E-state index contributed by atoms with van der Waals surface area (Å²) in [5, 5.41) is 17.5. The van der Waals surface area contributed by atoms with Gasteiger partial charge in [0.15, 0.2) is 5.92 Å². The minimum atomic E-state index is -1.53. The predicted octanol–water partition coefficient (Wildman–Crippen LogP) is 0.848. The summed E-state index contributed by atoms with van der Waals surface area (Å²) < 4.78 is 0. The number of fused-ring (bicyclic) bond motifs is 1. The van der Waals surface area contributed by atoms with Gasteiger partial charge in [0.2, 0.25) is 0 Å². The molecule has 0 atom stereocenters. The van der Waals surface area contributed by atoms with Gasteiger partial charge in [0, 0.05) is 6.54 Å². The number of rotatable bonds is 6. The van der Waals surface area contributed by atoms with Gasteiger partial charge in [-0.15, -0.1) is 0 Å². The molecule has 0 bridgehead atoms. The first kappa shape index (κ1) is 14.7. The fourth-order valence-corrected chi connectivity index (χ4v) is 2.25. The van der Waals surface area contributed by atoms with Crippen LogP contribution in [0.2, 0.25) is 0 Å². The topological polar surface area (TPSA) is 112 Å².